The van der Waals surface area contributed by atoms with Crippen LogP contribution in [0.4, 0.5) is 0 Å². The van der Waals surface area contributed by atoms with Gasteiger partial charge in [-0.05, 0) is 0 Å². The highest BCUT2D eigenvalue weighted by Crippen LogP contribution is 2.23. The molecule has 0 radical (unpaired) electrons. The third kappa shape index (κ3) is 3.14. The zero-order valence-corrected chi connectivity index (χ0v) is 12.1. The minimum absolute atomic E-state index is 0.192. The van der Waals surface area contributed by atoms with Crippen molar-refractivity contribution in [3.05, 3.63) is 53.2 Å². The lowest BCUT2D eigenvalue weighted by Crippen LogP contribution is -2.23. The van der Waals surface area contributed by atoms with E-state index in [-0.39, 0.29) is 12.5 Å². The SMILES string of the molecule is Cc1nnc(CNC(=O)c2csc(-c3ccccc3)n2)o1. The Balaban J connectivity index is 1.67. The van der Waals surface area contributed by atoms with Gasteiger partial charge in [0.1, 0.15) is 10.7 Å². The van der Waals surface area contributed by atoms with Gasteiger partial charge in [-0.2, -0.15) is 0 Å². The molecular weight excluding hydrogens is 288 g/mol. The predicted octanol–water partition coefficient (Wildman–Crippen LogP) is 2.43. The largest absolute Gasteiger partial charge is 0.424 e. The van der Waals surface area contributed by atoms with Gasteiger partial charge in [-0.15, -0.1) is 21.5 Å². The number of benzene rings is 1. The molecule has 0 aliphatic carbocycles. The topological polar surface area (TPSA) is 80.9 Å². The van der Waals surface area contributed by atoms with Crippen LogP contribution in [0.2, 0.25) is 0 Å². The number of nitrogens with zero attached hydrogens (tertiary/aromatic N) is 3. The van der Waals surface area contributed by atoms with Gasteiger partial charge in [-0.1, -0.05) is 30.3 Å². The Morgan fingerprint density at radius 2 is 2.10 bits per heavy atom. The number of rotatable bonds is 4. The molecule has 1 aromatic carbocycles. The van der Waals surface area contributed by atoms with Gasteiger partial charge in [0.15, 0.2) is 0 Å². The van der Waals surface area contributed by atoms with E-state index in [0.717, 1.165) is 10.6 Å². The highest BCUT2D eigenvalue weighted by Gasteiger charge is 2.12. The number of nitrogens with one attached hydrogen (secondary N) is 1. The van der Waals surface area contributed by atoms with Gasteiger partial charge in [0.05, 0.1) is 6.54 Å². The smallest absolute Gasteiger partial charge is 0.271 e. The summed E-state index contributed by atoms with van der Waals surface area (Å²) < 4.78 is 5.19. The van der Waals surface area contributed by atoms with Crippen molar-refractivity contribution in [1.29, 1.82) is 0 Å². The number of carbonyl (C=O) groups excluding carboxylic acids is 1. The summed E-state index contributed by atoms with van der Waals surface area (Å²) in [5.41, 5.74) is 1.38. The molecule has 0 saturated carbocycles. The summed E-state index contributed by atoms with van der Waals surface area (Å²) in [5.74, 6) is 0.586. The minimum Gasteiger partial charge on any atom is -0.424 e. The van der Waals surface area contributed by atoms with Crippen molar-refractivity contribution in [2.24, 2.45) is 0 Å². The Hall–Kier alpha value is -2.54. The summed E-state index contributed by atoms with van der Waals surface area (Å²) >= 11 is 1.43. The van der Waals surface area contributed by atoms with Crippen molar-refractivity contribution in [2.75, 3.05) is 0 Å². The Labute approximate surface area is 124 Å². The van der Waals surface area contributed by atoms with Crippen molar-refractivity contribution >= 4 is 17.2 Å². The fourth-order valence-corrected chi connectivity index (χ4v) is 2.55. The molecule has 0 aliphatic rings. The van der Waals surface area contributed by atoms with Gasteiger partial charge < -0.3 is 9.73 Å². The average Bonchev–Trinajstić information content (AvgIpc) is 3.15. The lowest BCUT2D eigenvalue weighted by atomic mass is 10.2. The van der Waals surface area contributed by atoms with Crippen LogP contribution in [0, 0.1) is 6.92 Å². The van der Waals surface area contributed by atoms with Crippen molar-refractivity contribution in [1.82, 2.24) is 20.5 Å². The molecule has 1 amide bonds. The number of hydrogen-bond acceptors (Lipinski definition) is 6. The maximum Gasteiger partial charge on any atom is 0.271 e. The first kappa shape index (κ1) is 13.4. The first-order valence-electron chi connectivity index (χ1n) is 6.30. The lowest BCUT2D eigenvalue weighted by molar-refractivity contribution is 0.0943. The molecule has 0 bridgehead atoms. The molecule has 21 heavy (non-hydrogen) atoms. The summed E-state index contributed by atoms with van der Waals surface area (Å²) in [5, 5.41) is 12.8. The van der Waals surface area contributed by atoms with E-state index in [1.165, 1.54) is 11.3 Å². The fourth-order valence-electron chi connectivity index (χ4n) is 1.75. The molecule has 0 spiro atoms. The second-order valence-electron chi connectivity index (χ2n) is 4.30. The molecule has 2 heterocycles. The quantitative estimate of drug-likeness (QED) is 0.800. The second-order valence-corrected chi connectivity index (χ2v) is 5.16. The van der Waals surface area contributed by atoms with Crippen LogP contribution < -0.4 is 5.32 Å². The molecule has 0 atom stereocenters. The normalized spacial score (nSPS) is 10.5. The summed E-state index contributed by atoms with van der Waals surface area (Å²) in [6.45, 7) is 1.89. The zero-order chi connectivity index (χ0) is 14.7. The van der Waals surface area contributed by atoms with Crippen molar-refractivity contribution in [3.63, 3.8) is 0 Å². The van der Waals surface area contributed by atoms with E-state index in [4.69, 9.17) is 4.42 Å². The molecule has 0 unspecified atom stereocenters. The highest BCUT2D eigenvalue weighted by atomic mass is 32.1. The van der Waals surface area contributed by atoms with Crippen LogP contribution in [-0.2, 0) is 6.54 Å². The van der Waals surface area contributed by atoms with E-state index in [1.54, 1.807) is 12.3 Å². The summed E-state index contributed by atoms with van der Waals surface area (Å²) in [4.78, 5) is 16.4. The van der Waals surface area contributed by atoms with Gasteiger partial charge in [-0.3, -0.25) is 4.79 Å². The monoisotopic (exact) mass is 300 g/mol. The maximum atomic E-state index is 12.0. The van der Waals surface area contributed by atoms with Crippen molar-refractivity contribution in [2.45, 2.75) is 13.5 Å². The number of amides is 1. The van der Waals surface area contributed by atoms with Gasteiger partial charge in [0.25, 0.3) is 5.91 Å². The van der Waals surface area contributed by atoms with E-state index in [2.05, 4.69) is 20.5 Å². The van der Waals surface area contributed by atoms with Crippen LogP contribution in [0.15, 0.2) is 40.1 Å². The summed E-state index contributed by atoms with van der Waals surface area (Å²) in [6, 6.07) is 9.74. The Morgan fingerprint density at radius 1 is 1.29 bits per heavy atom. The molecule has 2 aromatic heterocycles. The maximum absolute atomic E-state index is 12.0. The first-order valence-corrected chi connectivity index (χ1v) is 7.18. The Kier molecular flexibility index (Phi) is 3.74. The van der Waals surface area contributed by atoms with E-state index in [1.807, 2.05) is 30.3 Å². The zero-order valence-electron chi connectivity index (χ0n) is 11.2. The standard InChI is InChI=1S/C14H12N4O2S/c1-9-17-18-12(20-9)7-15-13(19)11-8-21-14(16-11)10-5-3-2-4-6-10/h2-6,8H,7H2,1H3,(H,15,19). The molecule has 1 N–H and O–H groups in total. The van der Waals surface area contributed by atoms with Gasteiger partial charge in [0, 0.05) is 17.9 Å². The van der Waals surface area contributed by atoms with Crippen LogP contribution in [0.5, 0.6) is 0 Å². The fraction of sp³-hybridized carbons (Fsp3) is 0.143. The van der Waals surface area contributed by atoms with E-state index in [0.29, 0.717) is 17.5 Å². The third-order valence-electron chi connectivity index (χ3n) is 2.73. The van der Waals surface area contributed by atoms with Gasteiger partial charge >= 0.3 is 0 Å². The highest BCUT2D eigenvalue weighted by molar-refractivity contribution is 7.13. The predicted molar refractivity (Wildman–Crippen MR) is 77.8 cm³/mol. The minimum atomic E-state index is -0.260. The number of aryl methyl sites for hydroxylation is 1. The molecule has 3 aromatic rings. The van der Waals surface area contributed by atoms with Crippen molar-refractivity contribution in [3.8, 4) is 10.6 Å². The molecule has 0 fully saturated rings. The lowest BCUT2D eigenvalue weighted by Gasteiger charge is -1.98. The van der Waals surface area contributed by atoms with Gasteiger partial charge in [0.2, 0.25) is 11.8 Å². The molecule has 6 nitrogen and oxygen atoms in total. The first-order chi connectivity index (χ1) is 10.2. The van der Waals surface area contributed by atoms with Crippen LogP contribution >= 0.6 is 11.3 Å². The molecule has 3 rings (SSSR count). The Morgan fingerprint density at radius 3 is 2.81 bits per heavy atom. The number of carbonyl (C=O) groups is 1. The number of thiazole rings is 1. The molecule has 7 heteroatoms. The van der Waals surface area contributed by atoms with E-state index in [9.17, 15) is 4.79 Å². The Bertz CT molecular complexity index is 751. The summed E-state index contributed by atoms with van der Waals surface area (Å²) in [7, 11) is 0. The van der Waals surface area contributed by atoms with Crippen LogP contribution in [0.25, 0.3) is 10.6 Å². The van der Waals surface area contributed by atoms with Crippen LogP contribution in [0.1, 0.15) is 22.3 Å². The van der Waals surface area contributed by atoms with Crippen LogP contribution in [-0.4, -0.2) is 21.1 Å². The number of aromatic nitrogens is 3. The second kappa shape index (κ2) is 5.84. The van der Waals surface area contributed by atoms with E-state index >= 15 is 0 Å². The van der Waals surface area contributed by atoms with E-state index < -0.39 is 0 Å². The molecule has 0 saturated heterocycles. The molecule has 0 aliphatic heterocycles. The summed E-state index contributed by atoms with van der Waals surface area (Å²) in [6.07, 6.45) is 0. The molecular formula is C14H12N4O2S. The number of hydrogen-bond donors (Lipinski definition) is 1. The van der Waals surface area contributed by atoms with Crippen LogP contribution in [0.3, 0.4) is 0 Å². The molecule has 106 valence electrons. The van der Waals surface area contributed by atoms with Gasteiger partial charge in [-0.25, -0.2) is 4.98 Å². The third-order valence-corrected chi connectivity index (χ3v) is 3.62. The van der Waals surface area contributed by atoms with Crippen molar-refractivity contribution < 1.29 is 9.21 Å². The average molecular weight is 300 g/mol.